The van der Waals surface area contributed by atoms with Gasteiger partial charge in [0.25, 0.3) is 0 Å². The molecule has 0 fully saturated rings. The summed E-state index contributed by atoms with van der Waals surface area (Å²) >= 11 is 0. The third kappa shape index (κ3) is 5.09. The number of benzene rings is 8. The Hall–Kier alpha value is -8.02. The van der Waals surface area contributed by atoms with Gasteiger partial charge in [0, 0.05) is 49.1 Å². The van der Waals surface area contributed by atoms with Crippen LogP contribution in [0.5, 0.6) is 0 Å². The summed E-state index contributed by atoms with van der Waals surface area (Å²) in [4.78, 5) is 10.3. The highest BCUT2D eigenvalue weighted by Gasteiger charge is 2.27. The molecule has 12 aromatic rings. The fourth-order valence-corrected chi connectivity index (χ4v) is 10.3. The number of nitrogens with zero attached hydrogens (tertiary/aromatic N) is 5. The molecule has 4 aromatic heterocycles. The van der Waals surface area contributed by atoms with Crippen molar-refractivity contribution in [2.24, 2.45) is 0 Å². The van der Waals surface area contributed by atoms with Gasteiger partial charge in [0.2, 0.25) is 0 Å². The Labute approximate surface area is 358 Å². The van der Waals surface area contributed by atoms with Crippen LogP contribution in [0, 0.1) is 0 Å². The zero-order valence-electron chi connectivity index (χ0n) is 34.1. The van der Waals surface area contributed by atoms with Gasteiger partial charge in [-0.1, -0.05) is 134 Å². The summed E-state index contributed by atoms with van der Waals surface area (Å²) in [5.74, 6) is 1.12. The predicted octanol–water partition coefficient (Wildman–Crippen LogP) is 14.6. The van der Waals surface area contributed by atoms with Crippen molar-refractivity contribution in [3.63, 3.8) is 0 Å². The number of rotatable bonds is 5. The maximum atomic E-state index is 5.19. The molecule has 1 aliphatic rings. The summed E-state index contributed by atoms with van der Waals surface area (Å²) in [6, 6.07) is 67.8. The van der Waals surface area contributed by atoms with Gasteiger partial charge in [-0.2, -0.15) is 0 Å². The molecule has 1 aliphatic carbocycles. The van der Waals surface area contributed by atoms with Crippen molar-refractivity contribution in [2.45, 2.75) is 19.3 Å². The molecule has 292 valence electrons. The van der Waals surface area contributed by atoms with Crippen molar-refractivity contribution in [2.75, 3.05) is 0 Å². The van der Waals surface area contributed by atoms with Gasteiger partial charge < -0.3 is 13.7 Å². The summed E-state index contributed by atoms with van der Waals surface area (Å²) in [5, 5.41) is 7.26. The van der Waals surface area contributed by atoms with Gasteiger partial charge in [-0.3, -0.25) is 0 Å². The van der Waals surface area contributed by atoms with Crippen LogP contribution < -0.4 is 0 Å². The number of hydrogen-bond acceptors (Lipinski definition) is 2. The van der Waals surface area contributed by atoms with Crippen LogP contribution in [0.4, 0.5) is 0 Å². The summed E-state index contributed by atoms with van der Waals surface area (Å²) < 4.78 is 7.45. The van der Waals surface area contributed by atoms with E-state index in [4.69, 9.17) is 9.97 Å². The SMILES string of the molecule is CC1CC=Cc2c1c1ccccc1n2-c1cc2c3ccccc3n(-c3ccc(-c4nc(-c5ccccc5)c5ccccc5n4)cc3)c2cc1-n1c2ccccc2c2ccccc21. The molecule has 4 heterocycles. The minimum atomic E-state index is 0.413. The van der Waals surface area contributed by atoms with E-state index < -0.39 is 0 Å². The van der Waals surface area contributed by atoms with E-state index in [2.05, 4.69) is 209 Å². The van der Waals surface area contributed by atoms with Crippen molar-refractivity contribution in [3.05, 3.63) is 205 Å². The van der Waals surface area contributed by atoms with E-state index >= 15 is 0 Å². The van der Waals surface area contributed by atoms with Crippen LogP contribution in [0.3, 0.4) is 0 Å². The molecule has 0 spiro atoms. The predicted molar refractivity (Wildman–Crippen MR) is 258 cm³/mol. The number of aromatic nitrogens is 5. The van der Waals surface area contributed by atoms with Crippen molar-refractivity contribution in [3.8, 4) is 39.7 Å². The molecule has 62 heavy (non-hydrogen) atoms. The lowest BCUT2D eigenvalue weighted by Crippen LogP contribution is -2.07. The topological polar surface area (TPSA) is 40.6 Å². The van der Waals surface area contributed by atoms with Crippen LogP contribution in [0.15, 0.2) is 194 Å². The van der Waals surface area contributed by atoms with E-state index in [0.29, 0.717) is 11.7 Å². The normalized spacial score (nSPS) is 13.9. The highest BCUT2D eigenvalue weighted by atomic mass is 15.1. The first-order chi connectivity index (χ1) is 30.7. The molecule has 0 bridgehead atoms. The third-order valence-corrected chi connectivity index (χ3v) is 13.1. The average Bonchev–Trinajstić information content (AvgIpc) is 3.97. The molecular weight excluding hydrogens is 755 g/mol. The summed E-state index contributed by atoms with van der Waals surface area (Å²) in [6.45, 7) is 2.36. The van der Waals surface area contributed by atoms with Gasteiger partial charge in [-0.15, -0.1) is 0 Å². The quantitative estimate of drug-likeness (QED) is 0.174. The zero-order chi connectivity index (χ0) is 40.9. The number of allylic oxidation sites excluding steroid dienone is 1. The maximum Gasteiger partial charge on any atom is 0.160 e. The molecule has 0 amide bonds. The minimum Gasteiger partial charge on any atom is -0.309 e. The van der Waals surface area contributed by atoms with Gasteiger partial charge >= 0.3 is 0 Å². The largest absolute Gasteiger partial charge is 0.309 e. The van der Waals surface area contributed by atoms with Crippen LogP contribution in [-0.4, -0.2) is 23.7 Å². The van der Waals surface area contributed by atoms with Gasteiger partial charge in [-0.05, 0) is 90.7 Å². The Morgan fingerprint density at radius 2 is 0.984 bits per heavy atom. The molecular formula is C57H39N5. The van der Waals surface area contributed by atoms with Crippen molar-refractivity contribution < 1.29 is 0 Å². The van der Waals surface area contributed by atoms with E-state index in [1.807, 2.05) is 12.1 Å². The molecule has 0 saturated heterocycles. The van der Waals surface area contributed by atoms with E-state index in [1.54, 1.807) is 0 Å². The molecule has 8 aromatic carbocycles. The lowest BCUT2D eigenvalue weighted by atomic mass is 9.91. The van der Waals surface area contributed by atoms with Gasteiger partial charge in [0.1, 0.15) is 0 Å². The average molecular weight is 794 g/mol. The van der Waals surface area contributed by atoms with Crippen LogP contribution in [0.25, 0.3) is 111 Å². The fourth-order valence-electron chi connectivity index (χ4n) is 10.3. The Morgan fingerprint density at radius 1 is 0.435 bits per heavy atom. The first-order valence-electron chi connectivity index (χ1n) is 21.5. The molecule has 5 heteroatoms. The monoisotopic (exact) mass is 793 g/mol. The number of fused-ring (bicyclic) bond motifs is 10. The molecule has 1 unspecified atom stereocenters. The Balaban J connectivity index is 1.08. The molecule has 0 radical (unpaired) electrons. The van der Waals surface area contributed by atoms with Crippen LogP contribution in [0.1, 0.15) is 30.5 Å². The van der Waals surface area contributed by atoms with Crippen molar-refractivity contribution in [1.82, 2.24) is 23.7 Å². The lowest BCUT2D eigenvalue weighted by Gasteiger charge is -2.21. The second kappa shape index (κ2) is 13.5. The van der Waals surface area contributed by atoms with E-state index in [9.17, 15) is 0 Å². The molecule has 0 saturated carbocycles. The molecule has 13 rings (SSSR count). The minimum absolute atomic E-state index is 0.413. The Morgan fingerprint density at radius 3 is 1.68 bits per heavy atom. The Kier molecular flexibility index (Phi) is 7.58. The van der Waals surface area contributed by atoms with Gasteiger partial charge in [0.05, 0.1) is 55.9 Å². The van der Waals surface area contributed by atoms with Crippen LogP contribution >= 0.6 is 0 Å². The first kappa shape index (κ1) is 34.8. The van der Waals surface area contributed by atoms with E-state index in [1.165, 1.54) is 54.7 Å². The first-order valence-corrected chi connectivity index (χ1v) is 21.5. The third-order valence-electron chi connectivity index (χ3n) is 13.1. The molecule has 5 nitrogen and oxygen atoms in total. The second-order valence-corrected chi connectivity index (χ2v) is 16.6. The molecule has 1 atom stereocenters. The summed E-state index contributed by atoms with van der Waals surface area (Å²) in [5.41, 5.74) is 15.8. The summed E-state index contributed by atoms with van der Waals surface area (Å²) in [7, 11) is 0. The van der Waals surface area contributed by atoms with Crippen LogP contribution in [0.2, 0.25) is 0 Å². The van der Waals surface area contributed by atoms with Gasteiger partial charge in [-0.25, -0.2) is 9.97 Å². The number of hydrogen-bond donors (Lipinski definition) is 0. The highest BCUT2D eigenvalue weighted by Crippen LogP contribution is 2.45. The zero-order valence-corrected chi connectivity index (χ0v) is 34.1. The second-order valence-electron chi connectivity index (χ2n) is 16.6. The van der Waals surface area contributed by atoms with Crippen molar-refractivity contribution >= 4 is 71.5 Å². The molecule has 0 N–H and O–H groups in total. The van der Waals surface area contributed by atoms with Crippen LogP contribution in [-0.2, 0) is 0 Å². The summed E-state index contributed by atoms with van der Waals surface area (Å²) in [6.07, 6.45) is 5.73. The smallest absolute Gasteiger partial charge is 0.160 e. The van der Waals surface area contributed by atoms with E-state index in [-0.39, 0.29) is 0 Å². The highest BCUT2D eigenvalue weighted by molar-refractivity contribution is 6.13. The van der Waals surface area contributed by atoms with Crippen molar-refractivity contribution in [1.29, 1.82) is 0 Å². The van der Waals surface area contributed by atoms with Gasteiger partial charge in [0.15, 0.2) is 5.82 Å². The standard InChI is InChI=1S/C57H39N5/c1-36-16-15-29-51-55(36)44-23-9-14-28-50(44)62(51)53-34-45-42-21-8-11-25-47(42)60(52(45)35-54(53)61-48-26-12-6-19-40(48)41-20-7-13-27-49(41)61)39-32-30-38(31-33-39)57-58-46-24-10-5-22-43(46)56(59-57)37-17-3-2-4-18-37/h2-15,17-36H,16H2,1H3. The number of para-hydroxylation sites is 5. The molecule has 0 aliphatic heterocycles. The van der Waals surface area contributed by atoms with E-state index in [0.717, 1.165) is 62.2 Å². The fraction of sp³-hybridized carbons (Fsp3) is 0.0526. The lowest BCUT2D eigenvalue weighted by molar-refractivity contribution is 0.772. The Bertz CT molecular complexity index is 3730. The maximum absolute atomic E-state index is 5.19.